The third kappa shape index (κ3) is 4.33. The highest BCUT2D eigenvalue weighted by Gasteiger charge is 2.18. The van der Waals surface area contributed by atoms with Crippen LogP contribution in [0.25, 0.3) is 0 Å². The highest BCUT2D eigenvalue weighted by molar-refractivity contribution is 5.07. The molecule has 0 saturated carbocycles. The first kappa shape index (κ1) is 12.7. The standard InChI is InChI=1S/C12H24N2O/c1-15-12(7-8-13)11(14)9-10-5-3-2-4-6-10/h5,11-12H,2-4,6-9,13-14H2,1H3. The van der Waals surface area contributed by atoms with Gasteiger partial charge in [0.2, 0.25) is 0 Å². The second-order valence-corrected chi connectivity index (χ2v) is 4.33. The van der Waals surface area contributed by atoms with E-state index in [9.17, 15) is 0 Å². The summed E-state index contributed by atoms with van der Waals surface area (Å²) in [6.45, 7) is 0.644. The van der Waals surface area contributed by atoms with Crippen molar-refractivity contribution < 1.29 is 4.74 Å². The van der Waals surface area contributed by atoms with Crippen LogP contribution in [0.5, 0.6) is 0 Å². The molecule has 0 aromatic heterocycles. The van der Waals surface area contributed by atoms with Crippen LogP contribution in [0.4, 0.5) is 0 Å². The Hall–Kier alpha value is -0.380. The number of methoxy groups -OCH3 is 1. The average molecular weight is 212 g/mol. The van der Waals surface area contributed by atoms with Gasteiger partial charge in [-0.2, -0.15) is 0 Å². The minimum Gasteiger partial charge on any atom is -0.380 e. The molecule has 1 rings (SSSR count). The van der Waals surface area contributed by atoms with Crippen molar-refractivity contribution in [2.45, 2.75) is 50.7 Å². The van der Waals surface area contributed by atoms with Crippen molar-refractivity contribution >= 4 is 0 Å². The van der Waals surface area contributed by atoms with Crippen LogP contribution in [-0.2, 0) is 4.74 Å². The summed E-state index contributed by atoms with van der Waals surface area (Å²) in [4.78, 5) is 0. The number of ether oxygens (including phenoxy) is 1. The average Bonchev–Trinajstić information content (AvgIpc) is 2.27. The Morgan fingerprint density at radius 1 is 1.47 bits per heavy atom. The molecule has 0 bridgehead atoms. The summed E-state index contributed by atoms with van der Waals surface area (Å²) in [7, 11) is 1.72. The third-order valence-electron chi connectivity index (χ3n) is 3.11. The van der Waals surface area contributed by atoms with E-state index in [0.29, 0.717) is 6.54 Å². The molecule has 1 aliphatic rings. The van der Waals surface area contributed by atoms with E-state index in [1.54, 1.807) is 7.11 Å². The van der Waals surface area contributed by atoms with Crippen molar-refractivity contribution in [3.05, 3.63) is 11.6 Å². The molecule has 4 N–H and O–H groups in total. The van der Waals surface area contributed by atoms with Gasteiger partial charge in [0.05, 0.1) is 6.10 Å². The lowest BCUT2D eigenvalue weighted by molar-refractivity contribution is 0.0749. The van der Waals surface area contributed by atoms with Gasteiger partial charge in [0.25, 0.3) is 0 Å². The maximum absolute atomic E-state index is 6.12. The molecule has 3 nitrogen and oxygen atoms in total. The Morgan fingerprint density at radius 2 is 2.27 bits per heavy atom. The van der Waals surface area contributed by atoms with E-state index in [2.05, 4.69) is 6.08 Å². The Labute approximate surface area is 92.9 Å². The molecule has 0 amide bonds. The van der Waals surface area contributed by atoms with Gasteiger partial charge in [-0.1, -0.05) is 11.6 Å². The highest BCUT2D eigenvalue weighted by atomic mass is 16.5. The third-order valence-corrected chi connectivity index (χ3v) is 3.11. The molecular formula is C12H24N2O. The molecule has 2 atom stereocenters. The van der Waals surface area contributed by atoms with Crippen LogP contribution < -0.4 is 11.5 Å². The Morgan fingerprint density at radius 3 is 2.80 bits per heavy atom. The maximum atomic E-state index is 6.12. The zero-order chi connectivity index (χ0) is 11.1. The molecule has 2 unspecified atom stereocenters. The van der Waals surface area contributed by atoms with E-state index in [4.69, 9.17) is 16.2 Å². The summed E-state index contributed by atoms with van der Waals surface area (Å²) in [5.74, 6) is 0. The fraction of sp³-hybridized carbons (Fsp3) is 0.833. The lowest BCUT2D eigenvalue weighted by Crippen LogP contribution is -2.38. The molecule has 15 heavy (non-hydrogen) atoms. The Kier molecular flexibility index (Phi) is 5.91. The molecule has 0 fully saturated rings. The second kappa shape index (κ2) is 6.99. The lowest BCUT2D eigenvalue weighted by Gasteiger charge is -2.24. The topological polar surface area (TPSA) is 61.3 Å². The quantitative estimate of drug-likeness (QED) is 0.657. The molecule has 88 valence electrons. The molecule has 0 heterocycles. The van der Waals surface area contributed by atoms with E-state index in [-0.39, 0.29) is 12.1 Å². The van der Waals surface area contributed by atoms with Crippen LogP contribution in [0, 0.1) is 0 Å². The number of hydrogen-bond donors (Lipinski definition) is 2. The lowest BCUT2D eigenvalue weighted by atomic mass is 9.92. The molecular weight excluding hydrogens is 188 g/mol. The fourth-order valence-electron chi connectivity index (χ4n) is 2.20. The molecule has 1 aliphatic carbocycles. The van der Waals surface area contributed by atoms with E-state index in [0.717, 1.165) is 12.8 Å². The van der Waals surface area contributed by atoms with Crippen LogP contribution in [0.1, 0.15) is 38.5 Å². The van der Waals surface area contributed by atoms with Gasteiger partial charge >= 0.3 is 0 Å². The van der Waals surface area contributed by atoms with E-state index in [1.807, 2.05) is 0 Å². The predicted molar refractivity (Wildman–Crippen MR) is 63.6 cm³/mol. The fourth-order valence-corrected chi connectivity index (χ4v) is 2.20. The van der Waals surface area contributed by atoms with Crippen molar-refractivity contribution in [1.82, 2.24) is 0 Å². The first-order valence-corrected chi connectivity index (χ1v) is 5.94. The van der Waals surface area contributed by atoms with E-state index >= 15 is 0 Å². The molecule has 0 radical (unpaired) electrons. The van der Waals surface area contributed by atoms with Crippen molar-refractivity contribution in [1.29, 1.82) is 0 Å². The number of nitrogens with two attached hydrogens (primary N) is 2. The summed E-state index contributed by atoms with van der Waals surface area (Å²) in [5, 5.41) is 0. The zero-order valence-corrected chi connectivity index (χ0v) is 9.74. The van der Waals surface area contributed by atoms with Crippen LogP contribution >= 0.6 is 0 Å². The van der Waals surface area contributed by atoms with Crippen molar-refractivity contribution in [2.75, 3.05) is 13.7 Å². The maximum Gasteiger partial charge on any atom is 0.0737 e. The minimum atomic E-state index is 0.0999. The van der Waals surface area contributed by atoms with Gasteiger partial charge < -0.3 is 16.2 Å². The molecule has 0 aromatic rings. The molecule has 0 saturated heterocycles. The van der Waals surface area contributed by atoms with Crippen LogP contribution in [0.2, 0.25) is 0 Å². The van der Waals surface area contributed by atoms with Crippen LogP contribution in [-0.4, -0.2) is 25.8 Å². The van der Waals surface area contributed by atoms with Gasteiger partial charge in [-0.15, -0.1) is 0 Å². The molecule has 0 aliphatic heterocycles. The Bertz CT molecular complexity index is 204. The van der Waals surface area contributed by atoms with Crippen molar-refractivity contribution in [2.24, 2.45) is 11.5 Å². The SMILES string of the molecule is COC(CCN)C(N)CC1=CCCCC1. The van der Waals surface area contributed by atoms with E-state index < -0.39 is 0 Å². The summed E-state index contributed by atoms with van der Waals surface area (Å²) < 4.78 is 5.36. The molecule has 0 aromatic carbocycles. The summed E-state index contributed by atoms with van der Waals surface area (Å²) in [6.07, 6.45) is 9.35. The van der Waals surface area contributed by atoms with Gasteiger partial charge in [0.1, 0.15) is 0 Å². The number of hydrogen-bond acceptors (Lipinski definition) is 3. The molecule has 0 spiro atoms. The first-order valence-electron chi connectivity index (χ1n) is 5.94. The van der Waals surface area contributed by atoms with Gasteiger partial charge in [-0.05, 0) is 45.1 Å². The van der Waals surface area contributed by atoms with Gasteiger partial charge in [-0.25, -0.2) is 0 Å². The van der Waals surface area contributed by atoms with Gasteiger partial charge in [-0.3, -0.25) is 0 Å². The second-order valence-electron chi connectivity index (χ2n) is 4.33. The smallest absolute Gasteiger partial charge is 0.0737 e. The first-order chi connectivity index (χ1) is 7.27. The normalized spacial score (nSPS) is 20.9. The van der Waals surface area contributed by atoms with Gasteiger partial charge in [0.15, 0.2) is 0 Å². The minimum absolute atomic E-state index is 0.0999. The monoisotopic (exact) mass is 212 g/mol. The Balaban J connectivity index is 2.37. The predicted octanol–water partition coefficient (Wildman–Crippen LogP) is 1.57. The largest absolute Gasteiger partial charge is 0.380 e. The van der Waals surface area contributed by atoms with Gasteiger partial charge in [0, 0.05) is 13.2 Å². The van der Waals surface area contributed by atoms with Crippen LogP contribution in [0.15, 0.2) is 11.6 Å². The summed E-state index contributed by atoms with van der Waals surface area (Å²) in [5.41, 5.74) is 13.2. The van der Waals surface area contributed by atoms with Crippen LogP contribution in [0.3, 0.4) is 0 Å². The van der Waals surface area contributed by atoms with Crippen molar-refractivity contribution in [3.63, 3.8) is 0 Å². The highest BCUT2D eigenvalue weighted by Crippen LogP contribution is 2.22. The molecule has 3 heteroatoms. The number of rotatable bonds is 6. The zero-order valence-electron chi connectivity index (χ0n) is 9.74. The summed E-state index contributed by atoms with van der Waals surface area (Å²) >= 11 is 0. The van der Waals surface area contributed by atoms with E-state index in [1.165, 1.54) is 31.3 Å². The summed E-state index contributed by atoms with van der Waals surface area (Å²) in [6, 6.07) is 0.0999. The van der Waals surface area contributed by atoms with Crippen molar-refractivity contribution in [3.8, 4) is 0 Å². The number of allylic oxidation sites excluding steroid dienone is 1.